The second kappa shape index (κ2) is 5.05. The molecule has 0 amide bonds. The molecule has 90 valence electrons. The van der Waals surface area contributed by atoms with Gasteiger partial charge in [0.25, 0.3) is 0 Å². The van der Waals surface area contributed by atoms with E-state index in [1.54, 1.807) is 10.8 Å². The largest absolute Gasteiger partial charge is 0.0904 e. The van der Waals surface area contributed by atoms with Crippen LogP contribution in [0, 0.1) is 0 Å². The maximum absolute atomic E-state index is 2.53. The molecule has 0 N–H and O–H groups in total. The molecule has 1 heteroatoms. The molecule has 0 saturated carbocycles. The molecule has 2 unspecified atom stereocenters. The Labute approximate surface area is 106 Å². The molecule has 0 nitrogen and oxygen atoms in total. The van der Waals surface area contributed by atoms with Gasteiger partial charge >= 0.3 is 0 Å². The first kappa shape index (κ1) is 12.4. The minimum atomic E-state index is -1.39. The molecule has 0 fully saturated rings. The fourth-order valence-electron chi connectivity index (χ4n) is 2.74. The lowest BCUT2D eigenvalue weighted by atomic mass is 10.2. The first-order valence-electron chi connectivity index (χ1n) is 6.60. The highest BCUT2D eigenvalue weighted by molar-refractivity contribution is 6.92. The number of benzene rings is 1. The van der Waals surface area contributed by atoms with Crippen molar-refractivity contribution in [1.29, 1.82) is 0 Å². The van der Waals surface area contributed by atoms with Crippen LogP contribution in [0.3, 0.4) is 0 Å². The maximum atomic E-state index is 2.53. The summed E-state index contributed by atoms with van der Waals surface area (Å²) in [6, 6.07) is 12.4. The van der Waals surface area contributed by atoms with Crippen molar-refractivity contribution in [1.82, 2.24) is 0 Å². The van der Waals surface area contributed by atoms with E-state index in [1.165, 1.54) is 6.04 Å². The van der Waals surface area contributed by atoms with E-state index in [4.69, 9.17) is 0 Å². The van der Waals surface area contributed by atoms with Crippen molar-refractivity contribution >= 4 is 13.3 Å². The van der Waals surface area contributed by atoms with Gasteiger partial charge in [0.05, 0.1) is 8.07 Å². The predicted molar refractivity (Wildman–Crippen MR) is 79.4 cm³/mol. The summed E-state index contributed by atoms with van der Waals surface area (Å²) in [6.45, 7) is 7.30. The van der Waals surface area contributed by atoms with Crippen molar-refractivity contribution in [3.05, 3.63) is 54.1 Å². The van der Waals surface area contributed by atoms with Crippen LogP contribution in [0.15, 0.2) is 54.1 Å². The quantitative estimate of drug-likeness (QED) is 0.692. The molecule has 0 radical (unpaired) electrons. The zero-order valence-corrected chi connectivity index (χ0v) is 12.1. The molecule has 1 aromatic carbocycles. The minimum absolute atomic E-state index is 0.716. The van der Waals surface area contributed by atoms with E-state index in [9.17, 15) is 0 Å². The lowest BCUT2D eigenvalue weighted by Crippen LogP contribution is -2.47. The van der Waals surface area contributed by atoms with Crippen molar-refractivity contribution in [2.45, 2.75) is 38.4 Å². The standard InChI is InChI=1S/C16H22Si/c1-4-17(3,16-12-6-5-7-13-16)14(2)15-10-8-9-11-15/h5-8,10-14H,4,9H2,1-3H3. The van der Waals surface area contributed by atoms with Crippen molar-refractivity contribution in [2.75, 3.05) is 0 Å². The van der Waals surface area contributed by atoms with Crippen molar-refractivity contribution < 1.29 is 0 Å². The van der Waals surface area contributed by atoms with Gasteiger partial charge in [-0.3, -0.25) is 0 Å². The fourth-order valence-corrected chi connectivity index (χ4v) is 6.17. The van der Waals surface area contributed by atoms with Gasteiger partial charge in [-0.1, -0.05) is 85.8 Å². The van der Waals surface area contributed by atoms with Gasteiger partial charge in [-0.2, -0.15) is 0 Å². The van der Waals surface area contributed by atoms with Crippen LogP contribution in [0.25, 0.3) is 0 Å². The highest BCUT2D eigenvalue weighted by atomic mass is 28.3. The summed E-state index contributed by atoms with van der Waals surface area (Å²) in [5.74, 6) is 0. The minimum Gasteiger partial charge on any atom is -0.0805 e. The topological polar surface area (TPSA) is 0 Å². The Morgan fingerprint density at radius 3 is 2.47 bits per heavy atom. The lowest BCUT2D eigenvalue weighted by molar-refractivity contribution is 1.05. The van der Waals surface area contributed by atoms with Crippen LogP contribution in [0.5, 0.6) is 0 Å². The Balaban J connectivity index is 2.34. The molecule has 2 rings (SSSR count). The second-order valence-corrected chi connectivity index (χ2v) is 10.2. The SMILES string of the molecule is CC[Si](C)(c1ccccc1)C(C)C1=CCC=C1. The van der Waals surface area contributed by atoms with Gasteiger partial charge in [-0.05, 0) is 12.0 Å². The van der Waals surface area contributed by atoms with Crippen molar-refractivity contribution in [3.63, 3.8) is 0 Å². The van der Waals surface area contributed by atoms with Gasteiger partial charge in [0, 0.05) is 0 Å². The van der Waals surface area contributed by atoms with Crippen LogP contribution in [-0.2, 0) is 0 Å². The molecule has 0 heterocycles. The van der Waals surface area contributed by atoms with Crippen molar-refractivity contribution in [3.8, 4) is 0 Å². The summed E-state index contributed by atoms with van der Waals surface area (Å²) in [5.41, 5.74) is 2.28. The molecule has 1 aliphatic carbocycles. The molecule has 0 aromatic heterocycles. The Hall–Kier alpha value is -1.08. The number of hydrogen-bond donors (Lipinski definition) is 0. The molecule has 0 aliphatic heterocycles. The summed E-state index contributed by atoms with van der Waals surface area (Å²) in [4.78, 5) is 0. The third kappa shape index (κ3) is 2.30. The molecule has 0 saturated heterocycles. The summed E-state index contributed by atoms with van der Waals surface area (Å²) < 4.78 is 0. The van der Waals surface area contributed by atoms with Gasteiger partial charge in [0.15, 0.2) is 0 Å². The Morgan fingerprint density at radius 1 is 1.24 bits per heavy atom. The molecule has 0 bridgehead atoms. The molecule has 2 atom stereocenters. The Kier molecular flexibility index (Phi) is 3.68. The van der Waals surface area contributed by atoms with Gasteiger partial charge in [-0.25, -0.2) is 0 Å². The number of rotatable bonds is 4. The monoisotopic (exact) mass is 242 g/mol. The van der Waals surface area contributed by atoms with Gasteiger partial charge < -0.3 is 0 Å². The maximum Gasteiger partial charge on any atom is 0.0904 e. The van der Waals surface area contributed by atoms with E-state index in [-0.39, 0.29) is 0 Å². The molecule has 1 aliphatic rings. The average molecular weight is 242 g/mol. The van der Waals surface area contributed by atoms with Crippen LogP contribution in [-0.4, -0.2) is 8.07 Å². The summed E-state index contributed by atoms with van der Waals surface area (Å²) in [7, 11) is -1.39. The third-order valence-electron chi connectivity index (χ3n) is 4.42. The molecule has 17 heavy (non-hydrogen) atoms. The van der Waals surface area contributed by atoms with Crippen molar-refractivity contribution in [2.24, 2.45) is 0 Å². The van der Waals surface area contributed by atoms with Crippen LogP contribution in [0.1, 0.15) is 20.3 Å². The summed E-state index contributed by atoms with van der Waals surface area (Å²) in [5, 5.41) is 1.59. The Morgan fingerprint density at radius 2 is 1.94 bits per heavy atom. The van der Waals surface area contributed by atoms with E-state index in [2.05, 4.69) is 69.0 Å². The van der Waals surface area contributed by atoms with E-state index >= 15 is 0 Å². The van der Waals surface area contributed by atoms with E-state index < -0.39 is 8.07 Å². The third-order valence-corrected chi connectivity index (χ3v) is 9.79. The first-order valence-corrected chi connectivity index (χ1v) is 9.39. The van der Waals surface area contributed by atoms with Crippen LogP contribution in [0.4, 0.5) is 0 Å². The van der Waals surface area contributed by atoms with E-state index in [1.807, 2.05) is 0 Å². The van der Waals surface area contributed by atoms with Gasteiger partial charge in [0.1, 0.15) is 0 Å². The van der Waals surface area contributed by atoms with E-state index in [0.29, 0.717) is 5.54 Å². The van der Waals surface area contributed by atoms with Gasteiger partial charge in [-0.15, -0.1) is 0 Å². The zero-order chi connectivity index (χ0) is 12.3. The molecular formula is C16H22Si. The molecule has 1 aromatic rings. The highest BCUT2D eigenvalue weighted by Gasteiger charge is 2.35. The fraction of sp³-hybridized carbons (Fsp3) is 0.375. The number of allylic oxidation sites excluding steroid dienone is 4. The predicted octanol–water partition coefficient (Wildman–Crippen LogP) is 4.27. The summed E-state index contributed by atoms with van der Waals surface area (Å²) >= 11 is 0. The van der Waals surface area contributed by atoms with Crippen LogP contribution < -0.4 is 5.19 Å². The lowest BCUT2D eigenvalue weighted by Gasteiger charge is -2.34. The van der Waals surface area contributed by atoms with Gasteiger partial charge in [0.2, 0.25) is 0 Å². The molecular weight excluding hydrogens is 220 g/mol. The normalized spacial score (nSPS) is 19.8. The van der Waals surface area contributed by atoms with Crippen LogP contribution >= 0.6 is 0 Å². The summed E-state index contributed by atoms with van der Waals surface area (Å²) in [6.07, 6.45) is 8.13. The highest BCUT2D eigenvalue weighted by Crippen LogP contribution is 2.34. The van der Waals surface area contributed by atoms with E-state index in [0.717, 1.165) is 6.42 Å². The molecule has 0 spiro atoms. The van der Waals surface area contributed by atoms with Crippen LogP contribution in [0.2, 0.25) is 18.1 Å². The average Bonchev–Trinajstić information content (AvgIpc) is 2.92. The number of hydrogen-bond acceptors (Lipinski definition) is 0. The first-order chi connectivity index (χ1) is 8.18. The second-order valence-electron chi connectivity index (χ2n) is 5.20. The smallest absolute Gasteiger partial charge is 0.0805 e. The Bertz CT molecular complexity index is 430. The zero-order valence-electron chi connectivity index (χ0n) is 11.1.